The molecule has 1 N–H and O–H groups in total. The van der Waals surface area contributed by atoms with E-state index in [4.69, 9.17) is 0 Å². The topological polar surface area (TPSA) is 30.9 Å². The van der Waals surface area contributed by atoms with Gasteiger partial charge in [0.1, 0.15) is 5.82 Å². The van der Waals surface area contributed by atoms with Gasteiger partial charge in [0, 0.05) is 38.3 Å². The van der Waals surface area contributed by atoms with E-state index in [1.54, 1.807) is 12.3 Å². The minimum atomic E-state index is -0.165. The van der Waals surface area contributed by atoms with E-state index in [1.165, 1.54) is 0 Å². The maximum absolute atomic E-state index is 14.4. The van der Waals surface area contributed by atoms with Gasteiger partial charge in [-0.05, 0) is 30.3 Å². The number of anilines is 1. The van der Waals surface area contributed by atoms with Gasteiger partial charge in [0.25, 0.3) is 0 Å². The van der Waals surface area contributed by atoms with E-state index < -0.39 is 0 Å². The fourth-order valence-electron chi connectivity index (χ4n) is 2.97. The lowest BCUT2D eigenvalue weighted by molar-refractivity contribution is 0.131. The number of halogens is 1. The molecule has 1 aliphatic rings. The monoisotopic (exact) mass is 340 g/mol. The van der Waals surface area contributed by atoms with Crippen LogP contribution in [0.15, 0.2) is 53.6 Å². The SMILES string of the molecule is CCN1CCN(Cc2ccc(C=NNc3ccccc3)cc2F)CC1. The highest BCUT2D eigenvalue weighted by molar-refractivity contribution is 5.80. The Balaban J connectivity index is 1.55. The maximum atomic E-state index is 14.4. The van der Waals surface area contributed by atoms with Crippen molar-refractivity contribution in [1.29, 1.82) is 0 Å². The van der Waals surface area contributed by atoms with E-state index >= 15 is 0 Å². The summed E-state index contributed by atoms with van der Waals surface area (Å²) in [6.45, 7) is 8.07. The second-order valence-electron chi connectivity index (χ2n) is 6.30. The number of rotatable bonds is 6. The second-order valence-corrected chi connectivity index (χ2v) is 6.30. The number of hydrogen-bond donors (Lipinski definition) is 1. The Labute approximate surface area is 149 Å². The molecule has 3 rings (SSSR count). The van der Waals surface area contributed by atoms with Gasteiger partial charge in [-0.1, -0.05) is 37.3 Å². The van der Waals surface area contributed by atoms with Gasteiger partial charge in [-0.2, -0.15) is 5.10 Å². The molecular formula is C20H25FN4. The van der Waals surface area contributed by atoms with Crippen molar-refractivity contribution in [2.45, 2.75) is 13.5 Å². The summed E-state index contributed by atoms with van der Waals surface area (Å²) in [5.41, 5.74) is 5.34. The lowest BCUT2D eigenvalue weighted by atomic mass is 10.1. The van der Waals surface area contributed by atoms with Crippen LogP contribution in [0.4, 0.5) is 10.1 Å². The molecule has 0 bridgehead atoms. The van der Waals surface area contributed by atoms with Gasteiger partial charge in [0.05, 0.1) is 11.9 Å². The molecule has 0 aromatic heterocycles. The highest BCUT2D eigenvalue weighted by Crippen LogP contribution is 2.14. The molecule has 25 heavy (non-hydrogen) atoms. The average Bonchev–Trinajstić information content (AvgIpc) is 2.65. The lowest BCUT2D eigenvalue weighted by Crippen LogP contribution is -2.45. The van der Waals surface area contributed by atoms with Crippen LogP contribution in [0.2, 0.25) is 0 Å². The normalized spacial score (nSPS) is 16.4. The van der Waals surface area contributed by atoms with Crippen molar-refractivity contribution in [3.05, 3.63) is 65.5 Å². The van der Waals surface area contributed by atoms with Crippen LogP contribution in [0.5, 0.6) is 0 Å². The van der Waals surface area contributed by atoms with E-state index in [1.807, 2.05) is 42.5 Å². The Morgan fingerprint density at radius 3 is 2.44 bits per heavy atom. The molecule has 5 heteroatoms. The van der Waals surface area contributed by atoms with Crippen LogP contribution >= 0.6 is 0 Å². The Morgan fingerprint density at radius 1 is 1.04 bits per heavy atom. The van der Waals surface area contributed by atoms with Crippen LogP contribution < -0.4 is 5.43 Å². The minimum Gasteiger partial charge on any atom is -0.301 e. The number of para-hydroxylation sites is 1. The maximum Gasteiger partial charge on any atom is 0.128 e. The molecule has 1 heterocycles. The van der Waals surface area contributed by atoms with E-state index in [9.17, 15) is 4.39 Å². The smallest absolute Gasteiger partial charge is 0.128 e. The van der Waals surface area contributed by atoms with Gasteiger partial charge in [-0.3, -0.25) is 10.3 Å². The van der Waals surface area contributed by atoms with Gasteiger partial charge in [-0.15, -0.1) is 0 Å². The zero-order valence-electron chi connectivity index (χ0n) is 14.7. The standard InChI is InChI=1S/C20H25FN4/c1-2-24-10-12-25(13-11-24)16-18-9-8-17(14-20(18)21)15-22-23-19-6-4-3-5-7-19/h3-9,14-15,23H,2,10-13,16H2,1H3. The molecule has 1 aliphatic heterocycles. The van der Waals surface area contributed by atoms with Crippen molar-refractivity contribution >= 4 is 11.9 Å². The van der Waals surface area contributed by atoms with Crippen LogP contribution in [0.3, 0.4) is 0 Å². The van der Waals surface area contributed by atoms with Gasteiger partial charge in [-0.25, -0.2) is 4.39 Å². The molecule has 4 nitrogen and oxygen atoms in total. The summed E-state index contributed by atoms with van der Waals surface area (Å²) in [5.74, 6) is -0.165. The fourth-order valence-corrected chi connectivity index (χ4v) is 2.97. The summed E-state index contributed by atoms with van der Waals surface area (Å²) in [5, 5.41) is 4.16. The van der Waals surface area contributed by atoms with Crippen molar-refractivity contribution in [2.24, 2.45) is 5.10 Å². The summed E-state index contributed by atoms with van der Waals surface area (Å²) in [4.78, 5) is 4.74. The number of hydrazone groups is 1. The van der Waals surface area contributed by atoms with Crippen LogP contribution in [0.1, 0.15) is 18.1 Å². The number of nitrogens with zero attached hydrogens (tertiary/aromatic N) is 3. The Morgan fingerprint density at radius 2 is 1.76 bits per heavy atom. The third-order valence-corrected chi connectivity index (χ3v) is 4.56. The van der Waals surface area contributed by atoms with Crippen molar-refractivity contribution in [1.82, 2.24) is 9.80 Å². The van der Waals surface area contributed by atoms with E-state index in [0.29, 0.717) is 6.54 Å². The molecule has 132 valence electrons. The molecular weight excluding hydrogens is 315 g/mol. The number of benzene rings is 2. The van der Waals surface area contributed by atoms with E-state index in [-0.39, 0.29) is 5.82 Å². The molecule has 2 aromatic carbocycles. The Kier molecular flexibility index (Phi) is 6.14. The van der Waals surface area contributed by atoms with Gasteiger partial charge in [0.2, 0.25) is 0 Å². The summed E-state index contributed by atoms with van der Waals surface area (Å²) in [6.07, 6.45) is 1.64. The van der Waals surface area contributed by atoms with Crippen molar-refractivity contribution in [3.63, 3.8) is 0 Å². The van der Waals surface area contributed by atoms with Crippen LogP contribution in [-0.4, -0.2) is 48.7 Å². The number of likely N-dealkylation sites (N-methyl/N-ethyl adjacent to an activating group) is 1. The van der Waals surface area contributed by atoms with Gasteiger partial charge in [0.15, 0.2) is 0 Å². The zero-order valence-corrected chi connectivity index (χ0v) is 14.7. The van der Waals surface area contributed by atoms with Crippen LogP contribution in [0.25, 0.3) is 0 Å². The molecule has 0 saturated carbocycles. The van der Waals surface area contributed by atoms with E-state index in [0.717, 1.165) is 49.5 Å². The first-order chi connectivity index (χ1) is 12.2. The summed E-state index contributed by atoms with van der Waals surface area (Å²) in [7, 11) is 0. The van der Waals surface area contributed by atoms with Gasteiger partial charge < -0.3 is 4.90 Å². The average molecular weight is 340 g/mol. The molecule has 0 unspecified atom stereocenters. The van der Waals surface area contributed by atoms with Crippen molar-refractivity contribution in [2.75, 3.05) is 38.1 Å². The number of hydrogen-bond acceptors (Lipinski definition) is 4. The molecule has 0 radical (unpaired) electrons. The van der Waals surface area contributed by atoms with Gasteiger partial charge >= 0.3 is 0 Å². The summed E-state index contributed by atoms with van der Waals surface area (Å²) >= 11 is 0. The highest BCUT2D eigenvalue weighted by atomic mass is 19.1. The molecule has 0 atom stereocenters. The molecule has 2 aromatic rings. The zero-order chi connectivity index (χ0) is 17.5. The molecule has 1 fully saturated rings. The first kappa shape index (κ1) is 17.6. The predicted octanol–water partition coefficient (Wildman–Crippen LogP) is 3.41. The quantitative estimate of drug-likeness (QED) is 0.646. The van der Waals surface area contributed by atoms with Crippen LogP contribution in [0, 0.1) is 5.82 Å². The number of piperazine rings is 1. The van der Waals surface area contributed by atoms with Crippen molar-refractivity contribution in [3.8, 4) is 0 Å². The third-order valence-electron chi connectivity index (χ3n) is 4.56. The largest absolute Gasteiger partial charge is 0.301 e. The Hall–Kier alpha value is -2.24. The fraction of sp³-hybridized carbons (Fsp3) is 0.350. The van der Waals surface area contributed by atoms with Crippen molar-refractivity contribution < 1.29 is 4.39 Å². The molecule has 1 saturated heterocycles. The molecule has 0 amide bonds. The second kappa shape index (κ2) is 8.74. The van der Waals surface area contributed by atoms with E-state index in [2.05, 4.69) is 27.3 Å². The first-order valence-corrected chi connectivity index (χ1v) is 8.82. The van der Waals surface area contributed by atoms with Crippen LogP contribution in [-0.2, 0) is 6.54 Å². The predicted molar refractivity (Wildman–Crippen MR) is 101 cm³/mol. The summed E-state index contributed by atoms with van der Waals surface area (Å²) in [6, 6.07) is 15.0. The molecule has 0 aliphatic carbocycles. The first-order valence-electron chi connectivity index (χ1n) is 8.82. The third kappa shape index (κ3) is 5.11. The highest BCUT2D eigenvalue weighted by Gasteiger charge is 2.16. The number of nitrogens with one attached hydrogen (secondary N) is 1. The lowest BCUT2D eigenvalue weighted by Gasteiger charge is -2.34. The Bertz CT molecular complexity index is 694. The summed E-state index contributed by atoms with van der Waals surface area (Å²) < 4.78 is 14.4. The minimum absolute atomic E-state index is 0.165. The molecule has 0 spiro atoms.